The van der Waals surface area contributed by atoms with Gasteiger partial charge in [-0.25, -0.2) is 0 Å². The summed E-state index contributed by atoms with van der Waals surface area (Å²) in [6.07, 6.45) is 43.9. The van der Waals surface area contributed by atoms with Crippen LogP contribution in [-0.2, 0) is 0 Å². The zero-order chi connectivity index (χ0) is 30.9. The lowest BCUT2D eigenvalue weighted by atomic mass is 9.85. The molecule has 0 aliphatic rings. The van der Waals surface area contributed by atoms with Crippen LogP contribution in [0.5, 0.6) is 0 Å². The van der Waals surface area contributed by atoms with E-state index in [2.05, 4.69) is 40.5 Å². The van der Waals surface area contributed by atoms with Crippen molar-refractivity contribution in [3.8, 4) is 0 Å². The lowest BCUT2D eigenvalue weighted by Gasteiger charge is -2.21. The first kappa shape index (κ1) is 41.2. The van der Waals surface area contributed by atoms with Gasteiger partial charge in [0.15, 0.2) is 0 Å². The molecule has 42 heavy (non-hydrogen) atoms. The first-order valence-corrected chi connectivity index (χ1v) is 19.6. The molecule has 0 amide bonds. The van der Waals surface area contributed by atoms with Crippen molar-refractivity contribution in [2.75, 3.05) is 0 Å². The van der Waals surface area contributed by atoms with Crippen molar-refractivity contribution in [3.63, 3.8) is 0 Å². The van der Waals surface area contributed by atoms with E-state index in [0.29, 0.717) is 5.92 Å². The minimum atomic E-state index is 0.657. The van der Waals surface area contributed by atoms with Gasteiger partial charge in [-0.05, 0) is 63.7 Å². The number of unbranched alkanes of at least 4 members (excludes halogenated alkanes) is 22. The Labute approximate surface area is 268 Å². The monoisotopic (exact) mass is 585 g/mol. The average Bonchev–Trinajstić information content (AvgIpc) is 2.98. The number of rotatable bonds is 35. The molecule has 0 aliphatic carbocycles. The highest BCUT2D eigenvalue weighted by Gasteiger charge is 2.14. The summed E-state index contributed by atoms with van der Waals surface area (Å²) >= 11 is 0. The topological polar surface area (TPSA) is 0 Å². The van der Waals surface area contributed by atoms with E-state index in [1.54, 1.807) is 0 Å². The first-order valence-electron chi connectivity index (χ1n) is 19.6. The summed E-state index contributed by atoms with van der Waals surface area (Å²) in [4.78, 5) is 0. The van der Waals surface area contributed by atoms with Gasteiger partial charge >= 0.3 is 0 Å². The van der Waals surface area contributed by atoms with Crippen molar-refractivity contribution in [2.45, 2.75) is 226 Å². The minimum Gasteiger partial charge on any atom is -0.0999 e. The summed E-state index contributed by atoms with van der Waals surface area (Å²) in [6, 6.07) is 0. The Morgan fingerprint density at radius 2 is 0.690 bits per heavy atom. The molecule has 0 heterocycles. The fourth-order valence-corrected chi connectivity index (χ4v) is 6.57. The summed E-state index contributed by atoms with van der Waals surface area (Å²) in [5.41, 5.74) is 4.46. The van der Waals surface area contributed by atoms with Crippen molar-refractivity contribution in [1.29, 1.82) is 0 Å². The Bertz CT molecular complexity index is 595. The maximum Gasteiger partial charge on any atom is -0.0169 e. The van der Waals surface area contributed by atoms with Gasteiger partial charge in [-0.1, -0.05) is 205 Å². The Balaban J connectivity index is 3.85. The van der Waals surface area contributed by atoms with Crippen molar-refractivity contribution in [2.24, 2.45) is 5.92 Å². The molecule has 0 N–H and O–H groups in total. The van der Waals surface area contributed by atoms with Crippen LogP contribution in [0.3, 0.4) is 0 Å². The largest absolute Gasteiger partial charge is 0.0999 e. The molecule has 0 aliphatic heterocycles. The standard InChI is InChI=1S/C42H80/c1-7-10-12-14-16-18-20-22-24-26-29-34-39(4)35-31-28-32-37-42(41(6)33-9-3)38-40(5)36-30-27-25-23-21-19-17-15-13-11-8-2/h42H,4-38H2,1-3H3. The van der Waals surface area contributed by atoms with E-state index in [-0.39, 0.29) is 0 Å². The van der Waals surface area contributed by atoms with Crippen LogP contribution in [0.4, 0.5) is 0 Å². The highest BCUT2D eigenvalue weighted by molar-refractivity contribution is 5.07. The van der Waals surface area contributed by atoms with Crippen LogP contribution in [0.2, 0.25) is 0 Å². The first-order chi connectivity index (χ1) is 20.5. The van der Waals surface area contributed by atoms with Gasteiger partial charge in [-0.3, -0.25) is 0 Å². The van der Waals surface area contributed by atoms with Gasteiger partial charge in [-0.15, -0.1) is 0 Å². The van der Waals surface area contributed by atoms with Crippen molar-refractivity contribution in [1.82, 2.24) is 0 Å². The third kappa shape index (κ3) is 29.3. The SMILES string of the molecule is C=C(CCCCCCCCCCCCC)CCCCCC(CC(=C)CCCCCCCCCCCCC)C(=C)CCC. The second-order valence-corrected chi connectivity index (χ2v) is 14.0. The maximum absolute atomic E-state index is 4.51. The smallest absolute Gasteiger partial charge is 0.0169 e. The zero-order valence-electron chi connectivity index (χ0n) is 29.8. The molecule has 0 saturated heterocycles. The fourth-order valence-electron chi connectivity index (χ4n) is 6.57. The summed E-state index contributed by atoms with van der Waals surface area (Å²) in [7, 11) is 0. The summed E-state index contributed by atoms with van der Waals surface area (Å²) in [5.74, 6) is 0.657. The van der Waals surface area contributed by atoms with Crippen LogP contribution in [-0.4, -0.2) is 0 Å². The molecule has 0 aromatic heterocycles. The lowest BCUT2D eigenvalue weighted by molar-refractivity contribution is 0.484. The molecule has 0 fully saturated rings. The van der Waals surface area contributed by atoms with Crippen LogP contribution in [0.15, 0.2) is 36.5 Å². The van der Waals surface area contributed by atoms with E-state index in [0.717, 1.165) is 0 Å². The molecule has 0 nitrogen and oxygen atoms in total. The average molecular weight is 585 g/mol. The molecular formula is C42H80. The number of hydrogen-bond acceptors (Lipinski definition) is 0. The molecule has 248 valence electrons. The molecule has 0 heteroatoms. The molecule has 0 rings (SSSR count). The third-order valence-corrected chi connectivity index (χ3v) is 9.53. The maximum atomic E-state index is 4.51. The van der Waals surface area contributed by atoms with E-state index in [9.17, 15) is 0 Å². The van der Waals surface area contributed by atoms with E-state index in [4.69, 9.17) is 0 Å². The fraction of sp³-hybridized carbons (Fsp3) is 0.857. The van der Waals surface area contributed by atoms with Crippen molar-refractivity contribution >= 4 is 0 Å². The van der Waals surface area contributed by atoms with Gasteiger partial charge in [0, 0.05) is 0 Å². The van der Waals surface area contributed by atoms with Gasteiger partial charge in [0.1, 0.15) is 0 Å². The van der Waals surface area contributed by atoms with E-state index in [1.165, 1.54) is 222 Å². The minimum absolute atomic E-state index is 0.657. The second kappa shape index (κ2) is 33.1. The van der Waals surface area contributed by atoms with E-state index >= 15 is 0 Å². The Morgan fingerprint density at radius 3 is 1.07 bits per heavy atom. The predicted molar refractivity (Wildman–Crippen MR) is 196 cm³/mol. The molecule has 0 aromatic carbocycles. The van der Waals surface area contributed by atoms with Crippen molar-refractivity contribution in [3.05, 3.63) is 36.5 Å². The third-order valence-electron chi connectivity index (χ3n) is 9.53. The van der Waals surface area contributed by atoms with E-state index < -0.39 is 0 Å². The Morgan fingerprint density at radius 1 is 0.357 bits per heavy atom. The quantitative estimate of drug-likeness (QED) is 0.0513. The van der Waals surface area contributed by atoms with Crippen LogP contribution < -0.4 is 0 Å². The van der Waals surface area contributed by atoms with Gasteiger partial charge in [0.05, 0.1) is 0 Å². The summed E-state index contributed by atoms with van der Waals surface area (Å²) in [5, 5.41) is 0. The molecule has 1 unspecified atom stereocenters. The number of allylic oxidation sites excluding steroid dienone is 3. The molecule has 0 bridgehead atoms. The highest BCUT2D eigenvalue weighted by Crippen LogP contribution is 2.29. The lowest BCUT2D eigenvalue weighted by Crippen LogP contribution is -2.06. The van der Waals surface area contributed by atoms with Gasteiger partial charge < -0.3 is 0 Å². The summed E-state index contributed by atoms with van der Waals surface area (Å²) < 4.78 is 0. The van der Waals surface area contributed by atoms with Crippen LogP contribution in [0.1, 0.15) is 226 Å². The highest BCUT2D eigenvalue weighted by atomic mass is 14.2. The summed E-state index contributed by atoms with van der Waals surface area (Å²) in [6.45, 7) is 20.3. The van der Waals surface area contributed by atoms with Crippen LogP contribution in [0.25, 0.3) is 0 Å². The predicted octanol–water partition coefficient (Wildman–Crippen LogP) is 15.8. The molecular weight excluding hydrogens is 504 g/mol. The van der Waals surface area contributed by atoms with E-state index in [1.807, 2.05) is 0 Å². The van der Waals surface area contributed by atoms with Crippen molar-refractivity contribution < 1.29 is 0 Å². The molecule has 1 atom stereocenters. The Hall–Kier alpha value is -0.780. The van der Waals surface area contributed by atoms with Gasteiger partial charge in [-0.2, -0.15) is 0 Å². The Kier molecular flexibility index (Phi) is 32.5. The van der Waals surface area contributed by atoms with Crippen LogP contribution >= 0.6 is 0 Å². The molecule has 0 aromatic rings. The number of hydrogen-bond donors (Lipinski definition) is 0. The van der Waals surface area contributed by atoms with Gasteiger partial charge in [0.2, 0.25) is 0 Å². The van der Waals surface area contributed by atoms with Gasteiger partial charge in [0.25, 0.3) is 0 Å². The zero-order valence-corrected chi connectivity index (χ0v) is 29.8. The van der Waals surface area contributed by atoms with Crippen LogP contribution in [0, 0.1) is 5.92 Å². The molecule has 0 spiro atoms. The molecule has 0 radical (unpaired) electrons. The molecule has 0 saturated carbocycles. The normalized spacial score (nSPS) is 12.1. The second-order valence-electron chi connectivity index (χ2n) is 14.0.